The molecule has 0 amide bonds. The first-order chi connectivity index (χ1) is 6.59. The van der Waals surface area contributed by atoms with E-state index in [1.54, 1.807) is 0 Å². The highest BCUT2D eigenvalue weighted by atomic mass is 16.5. The van der Waals surface area contributed by atoms with Crippen LogP contribution >= 0.6 is 0 Å². The fourth-order valence-electron chi connectivity index (χ4n) is 1.55. The molecular formula is C12H25NO. The molecule has 0 heterocycles. The van der Waals surface area contributed by atoms with Crippen LogP contribution in [0.2, 0.25) is 0 Å². The minimum Gasteiger partial charge on any atom is -0.373 e. The minimum absolute atomic E-state index is 0.391. The maximum atomic E-state index is 6.04. The van der Waals surface area contributed by atoms with Gasteiger partial charge in [0.1, 0.15) is 0 Å². The van der Waals surface area contributed by atoms with Gasteiger partial charge >= 0.3 is 0 Å². The smallest absolute Gasteiger partial charge is 0.0726 e. The number of hydrogen-bond donors (Lipinski definition) is 1. The molecule has 0 saturated heterocycles. The van der Waals surface area contributed by atoms with Gasteiger partial charge in [-0.2, -0.15) is 0 Å². The molecule has 2 nitrogen and oxygen atoms in total. The molecule has 2 heteroatoms. The molecule has 0 aromatic carbocycles. The van der Waals surface area contributed by atoms with Gasteiger partial charge in [0.05, 0.1) is 12.2 Å². The Kier molecular flexibility index (Phi) is 4.90. The zero-order valence-electron chi connectivity index (χ0n) is 10.0. The van der Waals surface area contributed by atoms with Gasteiger partial charge in [0.2, 0.25) is 0 Å². The fourth-order valence-corrected chi connectivity index (χ4v) is 1.55. The van der Waals surface area contributed by atoms with E-state index in [0.29, 0.717) is 24.2 Å². The van der Waals surface area contributed by atoms with Gasteiger partial charge in [0.25, 0.3) is 0 Å². The lowest BCUT2D eigenvalue weighted by Gasteiger charge is -2.33. The highest BCUT2D eigenvalue weighted by Crippen LogP contribution is 2.24. The van der Waals surface area contributed by atoms with E-state index in [-0.39, 0.29) is 0 Å². The summed E-state index contributed by atoms with van der Waals surface area (Å²) in [6, 6.07) is 0.557. The van der Waals surface area contributed by atoms with Crippen molar-refractivity contribution in [2.24, 2.45) is 5.92 Å². The average molecular weight is 199 g/mol. The summed E-state index contributed by atoms with van der Waals surface area (Å²) < 4.78 is 6.04. The second-order valence-electron chi connectivity index (χ2n) is 5.03. The summed E-state index contributed by atoms with van der Waals surface area (Å²) in [4.78, 5) is 0. The summed E-state index contributed by atoms with van der Waals surface area (Å²) in [6.45, 7) is 9.84. The molecular weight excluding hydrogens is 174 g/mol. The largest absolute Gasteiger partial charge is 0.373 e. The number of ether oxygens (including phenoxy) is 1. The Morgan fingerprint density at radius 2 is 1.86 bits per heavy atom. The predicted molar refractivity (Wildman–Crippen MR) is 60.5 cm³/mol. The average Bonchev–Trinajstić information content (AvgIpc) is 1.99. The third-order valence-electron chi connectivity index (χ3n) is 2.89. The van der Waals surface area contributed by atoms with Crippen LogP contribution in [0.5, 0.6) is 0 Å². The van der Waals surface area contributed by atoms with E-state index in [4.69, 9.17) is 4.74 Å². The second-order valence-corrected chi connectivity index (χ2v) is 5.03. The summed E-state index contributed by atoms with van der Waals surface area (Å²) in [5, 5.41) is 3.46. The number of hydrogen-bond acceptors (Lipinski definition) is 2. The van der Waals surface area contributed by atoms with Gasteiger partial charge in [-0.25, -0.2) is 0 Å². The molecule has 0 aromatic heterocycles. The molecule has 1 unspecified atom stereocenters. The molecule has 1 saturated carbocycles. The summed E-state index contributed by atoms with van der Waals surface area (Å²) >= 11 is 0. The lowest BCUT2D eigenvalue weighted by atomic mass is 9.95. The van der Waals surface area contributed by atoms with Crippen LogP contribution in [0.1, 0.15) is 47.0 Å². The van der Waals surface area contributed by atoms with Crippen LogP contribution < -0.4 is 5.32 Å². The SMILES string of the molecule is CC(C)NCC(OC1CCC1)C(C)C. The first-order valence-electron chi connectivity index (χ1n) is 5.98. The first kappa shape index (κ1) is 12.0. The molecule has 1 aliphatic carbocycles. The highest BCUT2D eigenvalue weighted by molar-refractivity contribution is 4.75. The van der Waals surface area contributed by atoms with Gasteiger partial charge in [0, 0.05) is 12.6 Å². The van der Waals surface area contributed by atoms with E-state index in [9.17, 15) is 0 Å². The standard InChI is InChI=1S/C12H25NO/c1-9(2)12(8-13-10(3)4)14-11-6-5-7-11/h9-13H,5-8H2,1-4H3. The Balaban J connectivity index is 2.23. The molecule has 0 radical (unpaired) electrons. The third kappa shape index (κ3) is 3.97. The Labute approximate surface area is 88.4 Å². The first-order valence-corrected chi connectivity index (χ1v) is 5.98. The van der Waals surface area contributed by atoms with Crippen molar-refractivity contribution in [1.82, 2.24) is 5.32 Å². The van der Waals surface area contributed by atoms with E-state index < -0.39 is 0 Å². The molecule has 0 spiro atoms. The zero-order valence-corrected chi connectivity index (χ0v) is 10.0. The van der Waals surface area contributed by atoms with Crippen molar-refractivity contribution in [2.45, 2.75) is 65.2 Å². The predicted octanol–water partition coefficient (Wildman–Crippen LogP) is 2.58. The second kappa shape index (κ2) is 5.72. The van der Waals surface area contributed by atoms with Crippen LogP contribution in [0.4, 0.5) is 0 Å². The highest BCUT2D eigenvalue weighted by Gasteiger charge is 2.24. The number of rotatable bonds is 6. The van der Waals surface area contributed by atoms with Crippen molar-refractivity contribution >= 4 is 0 Å². The fraction of sp³-hybridized carbons (Fsp3) is 1.00. The Morgan fingerprint density at radius 3 is 2.21 bits per heavy atom. The lowest BCUT2D eigenvalue weighted by Crippen LogP contribution is -2.40. The molecule has 1 aliphatic rings. The van der Waals surface area contributed by atoms with E-state index in [1.807, 2.05) is 0 Å². The van der Waals surface area contributed by atoms with Crippen LogP contribution in [0.25, 0.3) is 0 Å². The molecule has 84 valence electrons. The van der Waals surface area contributed by atoms with E-state index in [1.165, 1.54) is 19.3 Å². The van der Waals surface area contributed by atoms with Crippen molar-refractivity contribution in [1.29, 1.82) is 0 Å². The summed E-state index contributed by atoms with van der Waals surface area (Å²) in [7, 11) is 0. The van der Waals surface area contributed by atoms with Gasteiger partial charge in [-0.15, -0.1) is 0 Å². The molecule has 1 fully saturated rings. The third-order valence-corrected chi connectivity index (χ3v) is 2.89. The van der Waals surface area contributed by atoms with Crippen molar-refractivity contribution in [3.63, 3.8) is 0 Å². The summed E-state index contributed by atoms with van der Waals surface area (Å²) in [6.07, 6.45) is 4.84. The van der Waals surface area contributed by atoms with Crippen LogP contribution in [-0.4, -0.2) is 24.8 Å². The van der Waals surface area contributed by atoms with Crippen molar-refractivity contribution in [3.05, 3.63) is 0 Å². The van der Waals surface area contributed by atoms with Crippen LogP contribution in [0, 0.1) is 5.92 Å². The van der Waals surface area contributed by atoms with Crippen molar-refractivity contribution < 1.29 is 4.74 Å². The van der Waals surface area contributed by atoms with Crippen LogP contribution in [0.15, 0.2) is 0 Å². The molecule has 0 bridgehead atoms. The Hall–Kier alpha value is -0.0800. The normalized spacial score (nSPS) is 20.1. The molecule has 1 N–H and O–H groups in total. The zero-order chi connectivity index (χ0) is 10.6. The summed E-state index contributed by atoms with van der Waals surface area (Å²) in [5.41, 5.74) is 0. The minimum atomic E-state index is 0.391. The van der Waals surface area contributed by atoms with Gasteiger partial charge < -0.3 is 10.1 Å². The van der Waals surface area contributed by atoms with E-state index in [0.717, 1.165) is 6.54 Å². The Bertz CT molecular complexity index is 152. The van der Waals surface area contributed by atoms with Crippen LogP contribution in [0.3, 0.4) is 0 Å². The van der Waals surface area contributed by atoms with E-state index in [2.05, 4.69) is 33.0 Å². The summed E-state index contributed by atoms with van der Waals surface area (Å²) in [5.74, 6) is 0.613. The van der Waals surface area contributed by atoms with Crippen LogP contribution in [-0.2, 0) is 4.74 Å². The van der Waals surface area contributed by atoms with Gasteiger partial charge in [-0.3, -0.25) is 0 Å². The lowest BCUT2D eigenvalue weighted by molar-refractivity contribution is -0.0691. The maximum Gasteiger partial charge on any atom is 0.0726 e. The molecule has 1 rings (SSSR count). The molecule has 1 atom stereocenters. The monoisotopic (exact) mass is 199 g/mol. The van der Waals surface area contributed by atoms with Crippen molar-refractivity contribution in [2.75, 3.05) is 6.54 Å². The van der Waals surface area contributed by atoms with E-state index >= 15 is 0 Å². The molecule has 0 aliphatic heterocycles. The molecule has 0 aromatic rings. The quantitative estimate of drug-likeness (QED) is 0.710. The van der Waals surface area contributed by atoms with Gasteiger partial charge in [0.15, 0.2) is 0 Å². The van der Waals surface area contributed by atoms with Gasteiger partial charge in [-0.05, 0) is 25.2 Å². The molecule has 14 heavy (non-hydrogen) atoms. The Morgan fingerprint density at radius 1 is 1.21 bits per heavy atom. The van der Waals surface area contributed by atoms with Gasteiger partial charge in [-0.1, -0.05) is 27.7 Å². The topological polar surface area (TPSA) is 21.3 Å². The number of nitrogens with one attached hydrogen (secondary N) is 1. The van der Waals surface area contributed by atoms with Crippen molar-refractivity contribution in [3.8, 4) is 0 Å². The maximum absolute atomic E-state index is 6.04.